The first-order chi connectivity index (χ1) is 26.0. The number of fused-ring (bicyclic) bond motifs is 2. The fraction of sp³-hybridized carbons (Fsp3) is 0.333. The second-order valence-corrected chi connectivity index (χ2v) is 16.4. The van der Waals surface area contributed by atoms with Gasteiger partial charge >= 0.3 is 0 Å². The molecule has 4 heterocycles. The van der Waals surface area contributed by atoms with Crippen molar-refractivity contribution in [3.05, 3.63) is 105 Å². The maximum atomic E-state index is 9.72. The summed E-state index contributed by atoms with van der Waals surface area (Å²) in [6.07, 6.45) is 7.85. The van der Waals surface area contributed by atoms with Crippen molar-refractivity contribution >= 4 is 47.1 Å². The summed E-state index contributed by atoms with van der Waals surface area (Å²) >= 11 is 3.11. The van der Waals surface area contributed by atoms with Gasteiger partial charge in [0, 0.05) is 47.7 Å². The maximum absolute atomic E-state index is 9.72. The summed E-state index contributed by atoms with van der Waals surface area (Å²) in [5, 5.41) is 40.1. The van der Waals surface area contributed by atoms with Gasteiger partial charge in [0.05, 0.1) is 11.4 Å². The first kappa shape index (κ1) is 38.1. The van der Waals surface area contributed by atoms with Crippen LogP contribution in [0.15, 0.2) is 70.0 Å². The molecular weight excluding hydrogens is 709 g/mol. The summed E-state index contributed by atoms with van der Waals surface area (Å²) in [6, 6.07) is 24.8. The van der Waals surface area contributed by atoms with E-state index in [0.717, 1.165) is 60.0 Å². The second-order valence-electron chi connectivity index (χ2n) is 14.2. The van der Waals surface area contributed by atoms with E-state index in [4.69, 9.17) is 0 Å². The monoisotopic (exact) mass is 748 g/mol. The lowest BCUT2D eigenvalue weighted by Crippen LogP contribution is -2.23. The number of para-hydroxylation sites is 2. The van der Waals surface area contributed by atoms with Gasteiger partial charge in [-0.05, 0) is 59.8 Å². The first-order valence-electron chi connectivity index (χ1n) is 17.8. The average Bonchev–Trinajstić information content (AvgIpc) is 3.49. The fourth-order valence-corrected chi connectivity index (χ4v) is 9.15. The van der Waals surface area contributed by atoms with Gasteiger partial charge in [0.25, 0.3) is 0 Å². The molecule has 2 aliphatic heterocycles. The highest BCUT2D eigenvalue weighted by Crippen LogP contribution is 2.49. The lowest BCUT2D eigenvalue weighted by Gasteiger charge is -2.24. The van der Waals surface area contributed by atoms with Gasteiger partial charge in [-0.1, -0.05) is 76.9 Å². The Morgan fingerprint density at radius 1 is 0.556 bits per heavy atom. The van der Waals surface area contributed by atoms with Gasteiger partial charge in [0.1, 0.15) is 34.3 Å². The number of hydrogen-bond acceptors (Lipinski definition) is 12. The Kier molecular flexibility index (Phi) is 11.1. The zero-order valence-electron chi connectivity index (χ0n) is 31.3. The van der Waals surface area contributed by atoms with Crippen LogP contribution in [0.1, 0.15) is 98.7 Å². The van der Waals surface area contributed by atoms with Crippen LogP contribution in [0.3, 0.4) is 0 Å². The molecule has 0 bridgehead atoms. The van der Waals surface area contributed by atoms with Crippen LogP contribution in [-0.4, -0.2) is 45.5 Å². The minimum atomic E-state index is -0.278. The molecular formula is C42H40N10S2. The number of allylic oxidation sites excluding steroid dienone is 2. The van der Waals surface area contributed by atoms with Crippen molar-refractivity contribution in [1.82, 2.24) is 19.9 Å². The van der Waals surface area contributed by atoms with Crippen LogP contribution in [0.2, 0.25) is 0 Å². The van der Waals surface area contributed by atoms with Crippen LogP contribution in [0, 0.1) is 45.3 Å². The van der Waals surface area contributed by atoms with Crippen molar-refractivity contribution in [3.63, 3.8) is 0 Å². The lowest BCUT2D eigenvalue weighted by molar-refractivity contribution is 0.644. The predicted molar refractivity (Wildman–Crippen MR) is 215 cm³/mol. The smallest absolute Gasteiger partial charge is 0.178 e. The van der Waals surface area contributed by atoms with Crippen molar-refractivity contribution < 1.29 is 0 Å². The predicted octanol–water partition coefficient (Wildman–Crippen LogP) is 8.74. The third kappa shape index (κ3) is 7.16. The number of benzene rings is 2. The van der Waals surface area contributed by atoms with Gasteiger partial charge in [-0.25, -0.2) is 19.9 Å². The standard InChI is InChI=1S/C42H40N10S2/c1-41(2)27-15-9-11-17-35(27)51(5)37(41)21-29-39(49-33(25-45)31(23-43)47-29)53-19-13-7-8-14-20-54-40-30(48-32(24-44)34(26-46)50-40)22-38-42(3,4)28-16-10-12-18-36(28)52(38)6/h9-12,15-18,21-22H,7-8,13-14,19-20H2,1-6H3/b37-21-,38-22-. The molecule has 0 aliphatic carbocycles. The van der Waals surface area contributed by atoms with E-state index < -0.39 is 0 Å². The summed E-state index contributed by atoms with van der Waals surface area (Å²) in [5.74, 6) is 1.56. The molecule has 10 nitrogen and oxygen atoms in total. The molecule has 0 fully saturated rings. The summed E-state index contributed by atoms with van der Waals surface area (Å²) in [6.45, 7) is 8.71. The zero-order chi connectivity index (χ0) is 38.6. The van der Waals surface area contributed by atoms with E-state index in [9.17, 15) is 21.0 Å². The van der Waals surface area contributed by atoms with E-state index in [-0.39, 0.29) is 33.6 Å². The van der Waals surface area contributed by atoms with E-state index in [0.29, 0.717) is 21.4 Å². The molecule has 2 aliphatic rings. The molecule has 4 aromatic rings. The van der Waals surface area contributed by atoms with Crippen LogP contribution in [0.4, 0.5) is 11.4 Å². The van der Waals surface area contributed by atoms with Crippen LogP contribution >= 0.6 is 23.5 Å². The van der Waals surface area contributed by atoms with E-state index >= 15 is 0 Å². The number of anilines is 2. The summed E-state index contributed by atoms with van der Waals surface area (Å²) in [4.78, 5) is 22.7. The Labute approximate surface area is 325 Å². The number of likely N-dealkylation sites (N-methyl/N-ethyl adjacent to an activating group) is 2. The quantitative estimate of drug-likeness (QED) is 0.106. The van der Waals surface area contributed by atoms with Gasteiger partial charge in [0.15, 0.2) is 22.8 Å². The number of unbranched alkanes of at least 4 members (excludes halogenated alkanes) is 3. The molecule has 2 aromatic carbocycles. The topological polar surface area (TPSA) is 153 Å². The summed E-state index contributed by atoms with van der Waals surface area (Å²) in [7, 11) is 4.07. The highest BCUT2D eigenvalue weighted by Gasteiger charge is 2.39. The maximum Gasteiger partial charge on any atom is 0.178 e. The summed E-state index contributed by atoms with van der Waals surface area (Å²) < 4.78 is 0. The molecule has 54 heavy (non-hydrogen) atoms. The molecule has 0 amide bonds. The van der Waals surface area contributed by atoms with Crippen molar-refractivity contribution in [1.29, 1.82) is 21.0 Å². The molecule has 2 aromatic heterocycles. The van der Waals surface area contributed by atoms with Gasteiger partial charge in [-0.2, -0.15) is 21.0 Å². The Hall–Kier alpha value is -5.66. The zero-order valence-corrected chi connectivity index (χ0v) is 32.9. The van der Waals surface area contributed by atoms with E-state index in [1.54, 1.807) is 23.5 Å². The lowest BCUT2D eigenvalue weighted by atomic mass is 9.83. The number of rotatable bonds is 11. The highest BCUT2D eigenvalue weighted by molar-refractivity contribution is 7.99. The molecule has 6 rings (SSSR count). The van der Waals surface area contributed by atoms with Crippen molar-refractivity contribution in [2.75, 3.05) is 35.4 Å². The van der Waals surface area contributed by atoms with Crippen molar-refractivity contribution in [2.24, 2.45) is 0 Å². The largest absolute Gasteiger partial charge is 0.347 e. The summed E-state index contributed by atoms with van der Waals surface area (Å²) in [5.41, 5.74) is 7.54. The Morgan fingerprint density at radius 3 is 1.26 bits per heavy atom. The number of thioether (sulfide) groups is 2. The molecule has 0 N–H and O–H groups in total. The molecule has 270 valence electrons. The van der Waals surface area contributed by atoms with Gasteiger partial charge in [0.2, 0.25) is 0 Å². The molecule has 0 saturated carbocycles. The van der Waals surface area contributed by atoms with Gasteiger partial charge < -0.3 is 9.80 Å². The third-order valence-corrected chi connectivity index (χ3v) is 12.3. The van der Waals surface area contributed by atoms with E-state index in [2.05, 4.69) is 81.7 Å². The number of nitriles is 4. The number of aromatic nitrogens is 4. The minimum absolute atomic E-state index is 0.0273. The Morgan fingerprint density at radius 2 is 0.907 bits per heavy atom. The third-order valence-electron chi connectivity index (χ3n) is 10.1. The van der Waals surface area contributed by atoms with Crippen LogP contribution < -0.4 is 9.80 Å². The molecule has 0 saturated heterocycles. The van der Waals surface area contributed by atoms with Gasteiger partial charge in [-0.15, -0.1) is 23.5 Å². The SMILES string of the molecule is CN1/C(=C\c2nc(C#N)c(C#N)nc2SCCCCCCSc2nc(C#N)c(C#N)nc2/C=C2\N(C)c3ccccc3C2(C)C)C(C)(C)c2ccccc21. The van der Waals surface area contributed by atoms with Crippen LogP contribution in [-0.2, 0) is 10.8 Å². The first-order valence-corrected chi connectivity index (χ1v) is 19.7. The molecule has 0 unspecified atom stereocenters. The molecule has 0 spiro atoms. The molecule has 0 radical (unpaired) electrons. The number of nitrogens with zero attached hydrogens (tertiary/aromatic N) is 10. The Bertz CT molecular complexity index is 2190. The number of hydrogen-bond donors (Lipinski definition) is 0. The van der Waals surface area contributed by atoms with Crippen LogP contribution in [0.5, 0.6) is 0 Å². The van der Waals surface area contributed by atoms with Crippen LogP contribution in [0.25, 0.3) is 12.2 Å². The minimum Gasteiger partial charge on any atom is -0.347 e. The normalized spacial score (nSPS) is 16.4. The second kappa shape index (κ2) is 15.7. The van der Waals surface area contributed by atoms with Gasteiger partial charge in [-0.3, -0.25) is 0 Å². The Balaban J connectivity index is 1.10. The highest BCUT2D eigenvalue weighted by atomic mass is 32.2. The molecule has 0 atom stereocenters. The van der Waals surface area contributed by atoms with E-state index in [1.165, 1.54) is 11.1 Å². The van der Waals surface area contributed by atoms with Crippen molar-refractivity contribution in [2.45, 2.75) is 74.3 Å². The van der Waals surface area contributed by atoms with Crippen molar-refractivity contribution in [3.8, 4) is 24.3 Å². The fourth-order valence-electron chi connectivity index (χ4n) is 7.25. The van der Waals surface area contributed by atoms with E-state index in [1.807, 2.05) is 74.8 Å². The molecule has 12 heteroatoms. The average molecular weight is 749 g/mol.